The Hall–Kier alpha value is -1.56. The van der Waals surface area contributed by atoms with Crippen molar-refractivity contribution in [1.82, 2.24) is 9.97 Å². The average Bonchev–Trinajstić information content (AvgIpc) is 2.18. The van der Waals surface area contributed by atoms with Gasteiger partial charge >= 0.3 is 0 Å². The molecule has 0 saturated heterocycles. The lowest BCUT2D eigenvalue weighted by Crippen LogP contribution is -2.01. The van der Waals surface area contributed by atoms with E-state index in [9.17, 15) is 4.79 Å². The minimum atomic E-state index is 0.0857. The predicted octanol–water partition coefficient (Wildman–Crippen LogP) is 0.934. The van der Waals surface area contributed by atoms with Crippen LogP contribution in [0.4, 0.5) is 11.6 Å². The molecule has 0 aromatic carbocycles. The topological polar surface area (TPSA) is 94.9 Å². The van der Waals surface area contributed by atoms with Crippen molar-refractivity contribution in [2.45, 2.75) is 6.92 Å². The van der Waals surface area contributed by atoms with Crippen molar-refractivity contribution in [1.29, 1.82) is 0 Å². The van der Waals surface area contributed by atoms with E-state index in [1.807, 2.05) is 6.08 Å². The van der Waals surface area contributed by atoms with Crippen molar-refractivity contribution in [3.63, 3.8) is 0 Å². The third-order valence-corrected chi connectivity index (χ3v) is 2.28. The highest BCUT2D eigenvalue weighted by atomic mass is 32.2. The van der Waals surface area contributed by atoms with Crippen LogP contribution in [0.15, 0.2) is 12.3 Å². The van der Waals surface area contributed by atoms with Gasteiger partial charge in [-0.1, -0.05) is 17.8 Å². The SMILES string of the molecule is CC(=O)SCC=Cc1cnc(N)c(N)n1. The van der Waals surface area contributed by atoms with E-state index in [2.05, 4.69) is 9.97 Å². The molecule has 5 nitrogen and oxygen atoms in total. The Kier molecular flexibility index (Phi) is 4.11. The van der Waals surface area contributed by atoms with E-state index in [1.54, 1.807) is 6.08 Å². The van der Waals surface area contributed by atoms with Crippen LogP contribution in [0.5, 0.6) is 0 Å². The van der Waals surface area contributed by atoms with Gasteiger partial charge in [0, 0.05) is 12.7 Å². The summed E-state index contributed by atoms with van der Waals surface area (Å²) in [5.74, 6) is 1.06. The fourth-order valence-corrected chi connectivity index (χ4v) is 1.27. The van der Waals surface area contributed by atoms with Crippen molar-refractivity contribution in [2.75, 3.05) is 17.2 Å². The number of anilines is 2. The van der Waals surface area contributed by atoms with Crippen molar-refractivity contribution in [3.05, 3.63) is 18.0 Å². The van der Waals surface area contributed by atoms with Gasteiger partial charge in [-0.25, -0.2) is 9.97 Å². The fourth-order valence-electron chi connectivity index (χ4n) is 0.842. The van der Waals surface area contributed by atoms with Gasteiger partial charge in [0.2, 0.25) is 0 Å². The molecule has 0 bridgehead atoms. The van der Waals surface area contributed by atoms with E-state index in [1.165, 1.54) is 24.9 Å². The first-order chi connectivity index (χ1) is 7.09. The van der Waals surface area contributed by atoms with Gasteiger partial charge in [-0.3, -0.25) is 4.79 Å². The van der Waals surface area contributed by atoms with Gasteiger partial charge in [0.1, 0.15) is 0 Å². The maximum Gasteiger partial charge on any atom is 0.186 e. The van der Waals surface area contributed by atoms with E-state index < -0.39 is 0 Å². The maximum absolute atomic E-state index is 10.6. The number of aromatic nitrogens is 2. The molecule has 0 spiro atoms. The second-order valence-electron chi connectivity index (χ2n) is 2.77. The third-order valence-electron chi connectivity index (χ3n) is 1.52. The zero-order chi connectivity index (χ0) is 11.3. The Bertz CT molecular complexity index is 392. The standard InChI is InChI=1S/C9H12N4OS/c1-6(14)15-4-2-3-7-5-12-8(10)9(11)13-7/h2-3,5H,4H2,1H3,(H2,10,12)(H2,11,13). The van der Waals surface area contributed by atoms with Crippen molar-refractivity contribution in [2.24, 2.45) is 0 Å². The van der Waals surface area contributed by atoms with E-state index in [-0.39, 0.29) is 16.8 Å². The summed E-state index contributed by atoms with van der Waals surface area (Å²) in [5, 5.41) is 0.0857. The Morgan fingerprint density at radius 2 is 2.27 bits per heavy atom. The lowest BCUT2D eigenvalue weighted by molar-refractivity contribution is -0.109. The van der Waals surface area contributed by atoms with Gasteiger partial charge in [-0.2, -0.15) is 0 Å². The number of rotatable bonds is 3. The number of thioether (sulfide) groups is 1. The number of nitrogens with zero attached hydrogens (tertiary/aromatic N) is 2. The summed E-state index contributed by atoms with van der Waals surface area (Å²) in [7, 11) is 0. The zero-order valence-electron chi connectivity index (χ0n) is 8.30. The largest absolute Gasteiger partial charge is 0.381 e. The van der Waals surface area contributed by atoms with Gasteiger partial charge in [-0.15, -0.1) is 0 Å². The molecule has 1 heterocycles. The molecule has 6 heteroatoms. The molecule has 0 atom stereocenters. The summed E-state index contributed by atoms with van der Waals surface area (Å²) in [4.78, 5) is 18.5. The van der Waals surface area contributed by atoms with Gasteiger partial charge in [0.05, 0.1) is 11.9 Å². The maximum atomic E-state index is 10.6. The number of carbonyl (C=O) groups is 1. The molecule has 0 amide bonds. The lowest BCUT2D eigenvalue weighted by Gasteiger charge is -1.98. The third kappa shape index (κ3) is 3.99. The summed E-state index contributed by atoms with van der Waals surface area (Å²) in [6.07, 6.45) is 5.10. The van der Waals surface area contributed by atoms with E-state index in [4.69, 9.17) is 11.5 Å². The van der Waals surface area contributed by atoms with Gasteiger partial charge in [0.25, 0.3) is 0 Å². The van der Waals surface area contributed by atoms with Crippen LogP contribution in [0.25, 0.3) is 6.08 Å². The monoisotopic (exact) mass is 224 g/mol. The second kappa shape index (κ2) is 5.35. The second-order valence-corrected chi connectivity index (χ2v) is 3.97. The van der Waals surface area contributed by atoms with Crippen LogP contribution in [0.1, 0.15) is 12.6 Å². The molecule has 15 heavy (non-hydrogen) atoms. The molecule has 4 N–H and O–H groups in total. The molecular weight excluding hydrogens is 212 g/mol. The summed E-state index contributed by atoms with van der Waals surface area (Å²) >= 11 is 1.23. The predicted molar refractivity (Wildman–Crippen MR) is 63.0 cm³/mol. The Balaban J connectivity index is 2.57. The molecule has 0 aliphatic carbocycles. The summed E-state index contributed by atoms with van der Waals surface area (Å²) in [6, 6.07) is 0. The first kappa shape index (κ1) is 11.5. The van der Waals surface area contributed by atoms with Crippen LogP contribution in [-0.2, 0) is 4.79 Å². The molecule has 0 aliphatic heterocycles. The molecule has 0 unspecified atom stereocenters. The number of nitrogen functional groups attached to an aromatic ring is 2. The molecule has 1 aromatic rings. The van der Waals surface area contributed by atoms with Crippen LogP contribution in [-0.4, -0.2) is 20.8 Å². The van der Waals surface area contributed by atoms with Crippen molar-refractivity contribution in [3.8, 4) is 0 Å². The van der Waals surface area contributed by atoms with E-state index in [0.717, 1.165) is 0 Å². The minimum Gasteiger partial charge on any atom is -0.381 e. The molecule has 0 fully saturated rings. The Morgan fingerprint density at radius 3 is 2.87 bits per heavy atom. The number of carbonyl (C=O) groups excluding carboxylic acids is 1. The number of hydrogen-bond donors (Lipinski definition) is 2. The van der Waals surface area contributed by atoms with Crippen LogP contribution >= 0.6 is 11.8 Å². The van der Waals surface area contributed by atoms with Crippen LogP contribution < -0.4 is 11.5 Å². The first-order valence-corrected chi connectivity index (χ1v) is 5.26. The minimum absolute atomic E-state index is 0.0857. The molecule has 0 radical (unpaired) electrons. The van der Waals surface area contributed by atoms with Crippen LogP contribution in [0, 0.1) is 0 Å². The van der Waals surface area contributed by atoms with Crippen LogP contribution in [0.2, 0.25) is 0 Å². The van der Waals surface area contributed by atoms with Gasteiger partial charge in [-0.05, 0) is 6.08 Å². The highest BCUT2D eigenvalue weighted by molar-refractivity contribution is 8.13. The van der Waals surface area contributed by atoms with Crippen molar-refractivity contribution >= 4 is 34.6 Å². The summed E-state index contributed by atoms with van der Waals surface area (Å²) in [6.45, 7) is 1.53. The number of hydrogen-bond acceptors (Lipinski definition) is 6. The number of nitrogens with two attached hydrogens (primary N) is 2. The fraction of sp³-hybridized carbons (Fsp3) is 0.222. The van der Waals surface area contributed by atoms with E-state index >= 15 is 0 Å². The molecule has 0 saturated carbocycles. The average molecular weight is 224 g/mol. The van der Waals surface area contributed by atoms with Gasteiger partial charge < -0.3 is 11.5 Å². The highest BCUT2D eigenvalue weighted by Crippen LogP contribution is 2.09. The van der Waals surface area contributed by atoms with Gasteiger partial charge in [0.15, 0.2) is 16.8 Å². The Labute approximate surface area is 92.0 Å². The molecule has 1 rings (SSSR count). The molecular formula is C9H12N4OS. The lowest BCUT2D eigenvalue weighted by atomic mass is 10.4. The first-order valence-electron chi connectivity index (χ1n) is 4.27. The summed E-state index contributed by atoms with van der Waals surface area (Å²) < 4.78 is 0. The quantitative estimate of drug-likeness (QED) is 0.793. The summed E-state index contributed by atoms with van der Waals surface area (Å²) in [5.41, 5.74) is 11.5. The smallest absolute Gasteiger partial charge is 0.186 e. The Morgan fingerprint density at radius 1 is 1.53 bits per heavy atom. The van der Waals surface area contributed by atoms with Crippen LogP contribution in [0.3, 0.4) is 0 Å². The molecule has 1 aromatic heterocycles. The van der Waals surface area contributed by atoms with Crippen molar-refractivity contribution < 1.29 is 4.79 Å². The van der Waals surface area contributed by atoms with E-state index in [0.29, 0.717) is 11.4 Å². The molecule has 80 valence electrons. The molecule has 0 aliphatic rings. The normalized spacial score (nSPS) is 10.7. The highest BCUT2D eigenvalue weighted by Gasteiger charge is 1.97. The zero-order valence-corrected chi connectivity index (χ0v) is 9.12.